The molecule has 2 aromatic rings. The molecule has 0 saturated heterocycles. The lowest BCUT2D eigenvalue weighted by atomic mass is 10.1. The highest BCUT2D eigenvalue weighted by Crippen LogP contribution is 2.20. The minimum Gasteiger partial charge on any atom is -0.490 e. The monoisotopic (exact) mass is 365 g/mol. The van der Waals surface area contributed by atoms with E-state index in [2.05, 4.69) is 15.9 Å². The van der Waals surface area contributed by atoms with Crippen LogP contribution in [0.4, 0.5) is 0 Å². The molecule has 0 aliphatic carbocycles. The van der Waals surface area contributed by atoms with Crippen LogP contribution in [0, 0.1) is 6.92 Å². The van der Waals surface area contributed by atoms with Crippen LogP contribution < -0.4 is 15.2 Å². The quantitative estimate of drug-likeness (QED) is 0.623. The molecule has 0 spiro atoms. The minimum atomic E-state index is 0.366. The molecule has 110 valence electrons. The normalized spacial score (nSPS) is 10.2. The molecule has 21 heavy (non-hydrogen) atoms. The first-order chi connectivity index (χ1) is 10.1. The van der Waals surface area contributed by atoms with Crippen molar-refractivity contribution in [2.75, 3.05) is 13.2 Å². The van der Waals surface area contributed by atoms with Gasteiger partial charge in [0.2, 0.25) is 0 Å². The molecule has 0 radical (unpaired) electrons. The summed E-state index contributed by atoms with van der Waals surface area (Å²) in [6, 6.07) is 13.4. The fourth-order valence-electron chi connectivity index (χ4n) is 1.78. The number of thiocarbonyl (C=S) groups is 1. The molecule has 5 heteroatoms. The van der Waals surface area contributed by atoms with E-state index in [1.165, 1.54) is 0 Å². The summed E-state index contributed by atoms with van der Waals surface area (Å²) < 4.78 is 12.3. The zero-order valence-corrected chi connectivity index (χ0v) is 14.0. The van der Waals surface area contributed by atoms with Gasteiger partial charge in [-0.1, -0.05) is 46.3 Å². The van der Waals surface area contributed by atoms with Gasteiger partial charge in [0.15, 0.2) is 0 Å². The number of rotatable bonds is 6. The van der Waals surface area contributed by atoms with Crippen LogP contribution in [0.3, 0.4) is 0 Å². The summed E-state index contributed by atoms with van der Waals surface area (Å²) in [5.41, 5.74) is 7.47. The highest BCUT2D eigenvalue weighted by Gasteiger charge is 2.04. The Morgan fingerprint density at radius 1 is 1.14 bits per heavy atom. The van der Waals surface area contributed by atoms with Crippen molar-refractivity contribution in [3.8, 4) is 11.5 Å². The maximum absolute atomic E-state index is 5.73. The Morgan fingerprint density at radius 3 is 2.62 bits per heavy atom. The smallest absolute Gasteiger partial charge is 0.123 e. The molecule has 3 nitrogen and oxygen atoms in total. The molecule has 0 aliphatic rings. The lowest BCUT2D eigenvalue weighted by Crippen LogP contribution is -2.12. The van der Waals surface area contributed by atoms with E-state index in [9.17, 15) is 0 Å². The van der Waals surface area contributed by atoms with Crippen LogP contribution in [0.5, 0.6) is 11.5 Å². The lowest BCUT2D eigenvalue weighted by molar-refractivity contribution is 0.216. The Bertz CT molecular complexity index is 646. The second-order valence-corrected chi connectivity index (χ2v) is 5.85. The Kier molecular flexibility index (Phi) is 5.59. The molecule has 0 unspecified atom stereocenters. The van der Waals surface area contributed by atoms with Gasteiger partial charge in [-0.25, -0.2) is 0 Å². The van der Waals surface area contributed by atoms with E-state index >= 15 is 0 Å². The minimum absolute atomic E-state index is 0.366. The summed E-state index contributed by atoms with van der Waals surface area (Å²) in [5, 5.41) is 0. The summed E-state index contributed by atoms with van der Waals surface area (Å²) in [6.07, 6.45) is 0. The second kappa shape index (κ2) is 7.43. The van der Waals surface area contributed by atoms with E-state index in [-0.39, 0.29) is 0 Å². The van der Waals surface area contributed by atoms with E-state index in [1.54, 1.807) is 0 Å². The van der Waals surface area contributed by atoms with Gasteiger partial charge in [0.05, 0.1) is 0 Å². The van der Waals surface area contributed by atoms with Gasteiger partial charge in [-0.05, 0) is 36.8 Å². The summed E-state index contributed by atoms with van der Waals surface area (Å²) in [4.78, 5) is 0.366. The number of nitrogens with two attached hydrogens (primary N) is 1. The van der Waals surface area contributed by atoms with E-state index < -0.39 is 0 Å². The Hall–Kier alpha value is -1.59. The molecule has 2 aromatic carbocycles. The average Bonchev–Trinajstić information content (AvgIpc) is 2.45. The second-order valence-electron chi connectivity index (χ2n) is 4.50. The molecule has 2 rings (SSSR count). The Labute approximate surface area is 138 Å². The van der Waals surface area contributed by atoms with Crippen molar-refractivity contribution in [3.05, 3.63) is 58.1 Å². The van der Waals surface area contributed by atoms with Gasteiger partial charge in [-0.15, -0.1) is 0 Å². The van der Waals surface area contributed by atoms with E-state index in [0.29, 0.717) is 18.2 Å². The standard InChI is InChI=1S/C16H16BrNO2S/c1-11-5-6-12(16(18)21)9-15(11)20-8-7-19-14-4-2-3-13(17)10-14/h2-6,9-10H,7-8H2,1H3,(H2,18,21). The highest BCUT2D eigenvalue weighted by atomic mass is 79.9. The molecule has 0 amide bonds. The van der Waals surface area contributed by atoms with Crippen molar-refractivity contribution in [2.45, 2.75) is 6.92 Å². The third-order valence-corrected chi connectivity index (χ3v) is 3.61. The molecular weight excluding hydrogens is 350 g/mol. The maximum Gasteiger partial charge on any atom is 0.123 e. The highest BCUT2D eigenvalue weighted by molar-refractivity contribution is 9.10. The van der Waals surface area contributed by atoms with Gasteiger partial charge < -0.3 is 15.2 Å². The van der Waals surface area contributed by atoms with Crippen molar-refractivity contribution in [1.29, 1.82) is 0 Å². The molecule has 0 atom stereocenters. The zero-order chi connectivity index (χ0) is 15.2. The summed E-state index contributed by atoms with van der Waals surface area (Å²) in [7, 11) is 0. The SMILES string of the molecule is Cc1ccc(C(N)=S)cc1OCCOc1cccc(Br)c1. The third-order valence-electron chi connectivity index (χ3n) is 2.88. The number of halogens is 1. The van der Waals surface area contributed by atoms with E-state index in [0.717, 1.165) is 27.1 Å². The summed E-state index contributed by atoms with van der Waals surface area (Å²) in [5.74, 6) is 1.58. The van der Waals surface area contributed by atoms with E-state index in [1.807, 2.05) is 49.4 Å². The molecule has 2 N–H and O–H groups in total. The van der Waals surface area contributed by atoms with Crippen LogP contribution in [-0.2, 0) is 0 Å². The predicted octanol–water partition coefficient (Wildman–Crippen LogP) is 3.85. The first-order valence-corrected chi connectivity index (χ1v) is 7.68. The van der Waals surface area contributed by atoms with Crippen molar-refractivity contribution in [2.24, 2.45) is 5.73 Å². The van der Waals surface area contributed by atoms with Crippen molar-refractivity contribution in [3.63, 3.8) is 0 Å². The van der Waals surface area contributed by atoms with Crippen molar-refractivity contribution < 1.29 is 9.47 Å². The molecule has 0 heterocycles. The topological polar surface area (TPSA) is 44.5 Å². The van der Waals surface area contributed by atoms with E-state index in [4.69, 9.17) is 27.4 Å². The number of benzene rings is 2. The van der Waals surface area contributed by atoms with Gasteiger partial charge in [-0.2, -0.15) is 0 Å². The van der Waals surface area contributed by atoms with Crippen molar-refractivity contribution >= 4 is 33.1 Å². The maximum atomic E-state index is 5.73. The van der Waals surface area contributed by atoms with Crippen molar-refractivity contribution in [1.82, 2.24) is 0 Å². The zero-order valence-electron chi connectivity index (χ0n) is 11.6. The number of hydrogen-bond donors (Lipinski definition) is 1. The van der Waals surface area contributed by atoms with Gasteiger partial charge in [-0.3, -0.25) is 0 Å². The molecular formula is C16H16BrNO2S. The Balaban J connectivity index is 1.88. The van der Waals surface area contributed by atoms with Crippen LogP contribution in [0.25, 0.3) is 0 Å². The molecule has 0 aromatic heterocycles. The predicted molar refractivity (Wildman–Crippen MR) is 92.2 cm³/mol. The lowest BCUT2D eigenvalue weighted by Gasteiger charge is -2.11. The number of hydrogen-bond acceptors (Lipinski definition) is 3. The summed E-state index contributed by atoms with van der Waals surface area (Å²) in [6.45, 7) is 2.90. The summed E-state index contributed by atoms with van der Waals surface area (Å²) >= 11 is 8.37. The largest absolute Gasteiger partial charge is 0.490 e. The van der Waals surface area contributed by atoms with Crippen LogP contribution in [0.2, 0.25) is 0 Å². The van der Waals surface area contributed by atoms with Crippen LogP contribution in [0.1, 0.15) is 11.1 Å². The van der Waals surface area contributed by atoms with Gasteiger partial charge >= 0.3 is 0 Å². The van der Waals surface area contributed by atoms with Gasteiger partial charge in [0, 0.05) is 10.0 Å². The molecule has 0 bridgehead atoms. The Morgan fingerprint density at radius 2 is 1.90 bits per heavy atom. The molecule has 0 aliphatic heterocycles. The third kappa shape index (κ3) is 4.72. The van der Waals surface area contributed by atoms with Crippen LogP contribution >= 0.6 is 28.1 Å². The van der Waals surface area contributed by atoms with Gasteiger partial charge in [0.25, 0.3) is 0 Å². The molecule has 0 saturated carbocycles. The number of ether oxygens (including phenoxy) is 2. The van der Waals surface area contributed by atoms with Crippen LogP contribution in [-0.4, -0.2) is 18.2 Å². The van der Waals surface area contributed by atoms with Gasteiger partial charge in [0.1, 0.15) is 29.7 Å². The van der Waals surface area contributed by atoms with Crippen LogP contribution in [0.15, 0.2) is 46.9 Å². The molecule has 0 fully saturated rings. The average molecular weight is 366 g/mol. The first kappa shape index (κ1) is 15.8. The first-order valence-electron chi connectivity index (χ1n) is 6.48. The fourth-order valence-corrected chi connectivity index (χ4v) is 2.28. The fraction of sp³-hybridized carbons (Fsp3) is 0.188. The number of aryl methyl sites for hydroxylation is 1.